The summed E-state index contributed by atoms with van der Waals surface area (Å²) < 4.78 is 0. The molecule has 170 valence electrons. The summed E-state index contributed by atoms with van der Waals surface area (Å²) in [6.45, 7) is 6.09. The normalized spacial score (nSPS) is 28.9. The van der Waals surface area contributed by atoms with Gasteiger partial charge in [0.2, 0.25) is 0 Å². The number of hydrogen-bond donors (Lipinski definition) is 1. The summed E-state index contributed by atoms with van der Waals surface area (Å²) >= 11 is 2.12. The largest absolute Gasteiger partial charge is 0.392 e. The third kappa shape index (κ3) is 6.73. The van der Waals surface area contributed by atoms with Gasteiger partial charge in [-0.1, -0.05) is 60.1 Å². The van der Waals surface area contributed by atoms with Gasteiger partial charge in [-0.2, -0.15) is 11.8 Å². The van der Waals surface area contributed by atoms with E-state index in [9.17, 15) is 5.11 Å². The van der Waals surface area contributed by atoms with Crippen molar-refractivity contribution in [3.8, 4) is 0 Å². The number of aliphatic hydroxyl groups excluding tert-OH is 1. The molecule has 1 aromatic rings. The summed E-state index contributed by atoms with van der Waals surface area (Å²) in [5.41, 5.74) is 4.39. The zero-order chi connectivity index (χ0) is 21.5. The third-order valence-electron chi connectivity index (χ3n) is 7.49. The zero-order valence-corrected chi connectivity index (χ0v) is 20.2. The van der Waals surface area contributed by atoms with Gasteiger partial charge in [-0.05, 0) is 94.7 Å². The van der Waals surface area contributed by atoms with Crippen LogP contribution in [0.3, 0.4) is 0 Å². The lowest BCUT2D eigenvalue weighted by Gasteiger charge is -2.26. The van der Waals surface area contributed by atoms with Crippen LogP contribution in [-0.4, -0.2) is 47.3 Å². The van der Waals surface area contributed by atoms with Gasteiger partial charge in [-0.3, -0.25) is 0 Å². The van der Waals surface area contributed by atoms with Crippen molar-refractivity contribution in [3.63, 3.8) is 0 Å². The van der Waals surface area contributed by atoms with Crippen molar-refractivity contribution >= 4 is 11.8 Å². The van der Waals surface area contributed by atoms with Crippen molar-refractivity contribution < 1.29 is 5.11 Å². The van der Waals surface area contributed by atoms with Gasteiger partial charge in [-0.15, -0.1) is 0 Å². The molecule has 0 bridgehead atoms. The Morgan fingerprint density at radius 1 is 1.19 bits per heavy atom. The second-order valence-corrected chi connectivity index (χ2v) is 11.1. The minimum absolute atomic E-state index is 0.153. The first-order valence-electron chi connectivity index (χ1n) is 12.6. The van der Waals surface area contributed by atoms with Crippen LogP contribution in [0.15, 0.2) is 48.1 Å². The molecule has 1 saturated heterocycles. The van der Waals surface area contributed by atoms with Crippen LogP contribution in [0, 0.1) is 24.7 Å². The van der Waals surface area contributed by atoms with Gasteiger partial charge in [0.05, 0.1) is 6.10 Å². The Hall–Kier alpha value is -1.03. The molecule has 2 aliphatic carbocycles. The number of benzene rings is 1. The highest BCUT2D eigenvalue weighted by atomic mass is 32.2. The molecule has 4 rings (SSSR count). The number of hydrogen-bond acceptors (Lipinski definition) is 3. The highest BCUT2D eigenvalue weighted by Crippen LogP contribution is 2.47. The number of likely N-dealkylation sites (tertiary alicyclic amines) is 1. The maximum Gasteiger partial charge on any atom is 0.0611 e. The lowest BCUT2D eigenvalue weighted by Crippen LogP contribution is -2.30. The maximum atomic E-state index is 10.6. The molecule has 1 saturated carbocycles. The second-order valence-electron chi connectivity index (χ2n) is 10.0. The van der Waals surface area contributed by atoms with E-state index in [1.807, 2.05) is 0 Å². The minimum atomic E-state index is -0.153. The van der Waals surface area contributed by atoms with E-state index >= 15 is 0 Å². The molecule has 1 heterocycles. The Bertz CT molecular complexity index is 751. The number of piperidine rings is 1. The SMILES string of the molecule is Cc1cccc(CC/C=C/[C@@H]2[C@H]3CC(CSCCCN4CCCCC4)=C[C@H]3C[C@H]2O)c1. The molecule has 3 heteroatoms. The molecule has 1 N–H and O–H groups in total. The Morgan fingerprint density at radius 3 is 2.90 bits per heavy atom. The summed E-state index contributed by atoms with van der Waals surface area (Å²) in [6, 6.07) is 8.81. The summed E-state index contributed by atoms with van der Waals surface area (Å²) in [7, 11) is 0. The molecule has 0 spiro atoms. The fraction of sp³-hybridized carbons (Fsp3) is 0.643. The van der Waals surface area contributed by atoms with Gasteiger partial charge >= 0.3 is 0 Å². The fourth-order valence-corrected chi connectivity index (χ4v) is 6.81. The number of fused-ring (bicyclic) bond motifs is 1. The van der Waals surface area contributed by atoms with Crippen LogP contribution in [-0.2, 0) is 6.42 Å². The second kappa shape index (κ2) is 11.7. The molecule has 0 radical (unpaired) electrons. The highest BCUT2D eigenvalue weighted by molar-refractivity contribution is 7.99. The van der Waals surface area contributed by atoms with Crippen LogP contribution in [0.4, 0.5) is 0 Å². The lowest BCUT2D eigenvalue weighted by atomic mass is 9.89. The number of aliphatic hydroxyl groups is 1. The van der Waals surface area contributed by atoms with E-state index in [2.05, 4.69) is 66.1 Å². The van der Waals surface area contributed by atoms with E-state index in [1.54, 1.807) is 5.57 Å². The molecule has 1 aliphatic heterocycles. The van der Waals surface area contributed by atoms with Gasteiger partial charge in [0.25, 0.3) is 0 Å². The average molecular weight is 440 g/mol. The van der Waals surface area contributed by atoms with Crippen molar-refractivity contribution in [2.45, 2.75) is 64.4 Å². The Labute approximate surface area is 194 Å². The van der Waals surface area contributed by atoms with Crippen LogP contribution in [0.2, 0.25) is 0 Å². The first-order valence-corrected chi connectivity index (χ1v) is 13.7. The van der Waals surface area contributed by atoms with Crippen molar-refractivity contribution in [1.82, 2.24) is 4.90 Å². The summed E-state index contributed by atoms with van der Waals surface area (Å²) in [5, 5.41) is 10.6. The van der Waals surface area contributed by atoms with Crippen LogP contribution in [0.1, 0.15) is 56.1 Å². The molecule has 1 aromatic carbocycles. The molecule has 0 unspecified atom stereocenters. The van der Waals surface area contributed by atoms with E-state index in [1.165, 1.54) is 74.4 Å². The quantitative estimate of drug-likeness (QED) is 0.355. The predicted octanol–water partition coefficient (Wildman–Crippen LogP) is 6.04. The average Bonchev–Trinajstić information content (AvgIpc) is 3.28. The summed E-state index contributed by atoms with van der Waals surface area (Å²) in [5.74, 6) is 4.07. The number of allylic oxidation sites excluding steroid dienone is 2. The number of nitrogens with zero attached hydrogens (tertiary/aromatic N) is 1. The molecule has 0 aromatic heterocycles. The van der Waals surface area contributed by atoms with E-state index in [0.717, 1.165) is 19.3 Å². The highest BCUT2D eigenvalue weighted by Gasteiger charge is 2.43. The predicted molar refractivity (Wildman–Crippen MR) is 135 cm³/mol. The maximum absolute atomic E-state index is 10.6. The molecule has 3 aliphatic rings. The van der Waals surface area contributed by atoms with E-state index in [-0.39, 0.29) is 6.10 Å². The van der Waals surface area contributed by atoms with Crippen LogP contribution in [0.25, 0.3) is 0 Å². The molecule has 0 amide bonds. The van der Waals surface area contributed by atoms with Crippen LogP contribution < -0.4 is 0 Å². The van der Waals surface area contributed by atoms with Gasteiger partial charge in [0.15, 0.2) is 0 Å². The monoisotopic (exact) mass is 439 g/mol. The van der Waals surface area contributed by atoms with Gasteiger partial charge in [0.1, 0.15) is 0 Å². The summed E-state index contributed by atoms with van der Waals surface area (Å²) in [4.78, 5) is 2.65. The fourth-order valence-electron chi connectivity index (χ4n) is 5.86. The Balaban J connectivity index is 1.16. The van der Waals surface area contributed by atoms with Crippen molar-refractivity contribution in [2.24, 2.45) is 17.8 Å². The number of aryl methyl sites for hydroxylation is 2. The van der Waals surface area contributed by atoms with Gasteiger partial charge in [-0.25, -0.2) is 0 Å². The standard InChI is InChI=1S/C28H41NOS/c1-22-9-7-11-23(17-22)10-3-4-12-26-27-19-24(18-25(27)20-28(26)30)21-31-16-8-15-29-13-5-2-6-14-29/h4,7,9,11-12,17-18,25-28,30H,2-3,5-6,8,10,13-16,19-21H2,1H3/b12-4+/t25-,26+,27-,28+/m0/s1. The van der Waals surface area contributed by atoms with E-state index in [0.29, 0.717) is 17.8 Å². The van der Waals surface area contributed by atoms with E-state index in [4.69, 9.17) is 0 Å². The molecule has 2 nitrogen and oxygen atoms in total. The van der Waals surface area contributed by atoms with Crippen LogP contribution >= 0.6 is 11.8 Å². The number of rotatable bonds is 10. The van der Waals surface area contributed by atoms with Crippen molar-refractivity contribution in [3.05, 3.63) is 59.2 Å². The third-order valence-corrected chi connectivity index (χ3v) is 8.64. The number of thioether (sulfide) groups is 1. The topological polar surface area (TPSA) is 23.5 Å². The molecule has 2 fully saturated rings. The van der Waals surface area contributed by atoms with Crippen molar-refractivity contribution in [1.29, 1.82) is 0 Å². The van der Waals surface area contributed by atoms with Gasteiger partial charge in [0, 0.05) is 11.7 Å². The summed E-state index contributed by atoms with van der Waals surface area (Å²) in [6.07, 6.45) is 16.9. The smallest absolute Gasteiger partial charge is 0.0611 e. The first-order chi connectivity index (χ1) is 15.2. The molecule has 4 atom stereocenters. The Kier molecular flexibility index (Phi) is 8.75. The lowest BCUT2D eigenvalue weighted by molar-refractivity contribution is 0.141. The minimum Gasteiger partial charge on any atom is -0.392 e. The van der Waals surface area contributed by atoms with Crippen molar-refractivity contribution in [2.75, 3.05) is 31.1 Å². The molecular weight excluding hydrogens is 398 g/mol. The Morgan fingerprint density at radius 2 is 2.06 bits per heavy atom. The van der Waals surface area contributed by atoms with E-state index < -0.39 is 0 Å². The zero-order valence-electron chi connectivity index (χ0n) is 19.3. The molecular formula is C28H41NOS. The van der Waals surface area contributed by atoms with Crippen LogP contribution in [0.5, 0.6) is 0 Å². The molecule has 31 heavy (non-hydrogen) atoms. The first kappa shape index (κ1) is 23.1. The van der Waals surface area contributed by atoms with Gasteiger partial charge < -0.3 is 10.0 Å².